The van der Waals surface area contributed by atoms with Crippen molar-refractivity contribution in [2.24, 2.45) is 0 Å². The molecule has 2 aliphatic rings. The maximum atomic E-state index is 13.0. The molecule has 1 aromatic heterocycles. The smallest absolute Gasteiger partial charge is 0.262 e. The highest BCUT2D eigenvalue weighted by Crippen LogP contribution is 2.29. The van der Waals surface area contributed by atoms with Gasteiger partial charge in [0.15, 0.2) is 0 Å². The van der Waals surface area contributed by atoms with Gasteiger partial charge in [0.25, 0.3) is 5.91 Å². The van der Waals surface area contributed by atoms with E-state index in [0.717, 1.165) is 31.6 Å². The lowest BCUT2D eigenvalue weighted by Gasteiger charge is -2.35. The Hall–Kier alpha value is -2.66. The van der Waals surface area contributed by atoms with Crippen molar-refractivity contribution in [1.29, 1.82) is 0 Å². The number of ether oxygens (including phenoxy) is 1. The number of allylic oxidation sites excluding steroid dienone is 1. The fraction of sp³-hybridized carbons (Fsp3) is 0.481. The number of para-hydroxylation sites is 1. The van der Waals surface area contributed by atoms with Crippen molar-refractivity contribution in [3.63, 3.8) is 0 Å². The Balaban J connectivity index is 0.000000789. The predicted molar refractivity (Wildman–Crippen MR) is 134 cm³/mol. The van der Waals surface area contributed by atoms with Crippen LogP contribution in [-0.2, 0) is 0 Å². The number of carbonyl (C=O) groups is 1. The van der Waals surface area contributed by atoms with Gasteiger partial charge in [0, 0.05) is 30.9 Å². The van der Waals surface area contributed by atoms with Gasteiger partial charge in [-0.3, -0.25) is 19.6 Å². The molecule has 0 radical (unpaired) electrons. The van der Waals surface area contributed by atoms with Crippen LogP contribution in [0.5, 0.6) is 5.75 Å². The van der Waals surface area contributed by atoms with Crippen molar-refractivity contribution in [1.82, 2.24) is 14.8 Å². The number of piperidine rings is 1. The van der Waals surface area contributed by atoms with Gasteiger partial charge >= 0.3 is 0 Å². The Kier molecular flexibility index (Phi) is 13.0. The Morgan fingerprint density at radius 2 is 1.56 bits per heavy atom. The summed E-state index contributed by atoms with van der Waals surface area (Å²) >= 11 is 0. The summed E-state index contributed by atoms with van der Waals surface area (Å²) in [7, 11) is 0. The van der Waals surface area contributed by atoms with Crippen LogP contribution in [0.15, 0.2) is 60.6 Å². The van der Waals surface area contributed by atoms with E-state index in [1.165, 1.54) is 5.69 Å². The number of carbonyl (C=O) groups excluding carboxylic acids is 1. The summed E-state index contributed by atoms with van der Waals surface area (Å²) in [6.45, 7) is 16.4. The first kappa shape index (κ1) is 27.4. The van der Waals surface area contributed by atoms with Crippen molar-refractivity contribution in [2.75, 3.05) is 19.8 Å². The Labute approximate surface area is 195 Å². The van der Waals surface area contributed by atoms with Crippen LogP contribution in [-0.4, -0.2) is 40.4 Å². The normalized spacial score (nSPS) is 15.8. The van der Waals surface area contributed by atoms with Crippen molar-refractivity contribution < 1.29 is 9.53 Å². The summed E-state index contributed by atoms with van der Waals surface area (Å²) < 4.78 is 5.67. The van der Waals surface area contributed by atoms with Gasteiger partial charge in [-0.05, 0) is 44.0 Å². The fourth-order valence-corrected chi connectivity index (χ4v) is 3.63. The van der Waals surface area contributed by atoms with Gasteiger partial charge in [-0.15, -0.1) is 0 Å². The van der Waals surface area contributed by atoms with Crippen LogP contribution >= 0.6 is 0 Å². The minimum atomic E-state index is -0.00120. The van der Waals surface area contributed by atoms with Crippen molar-refractivity contribution in [3.05, 3.63) is 71.9 Å². The highest BCUT2D eigenvalue weighted by Gasteiger charge is 2.28. The third-order valence-electron chi connectivity index (χ3n) is 5.18. The molecule has 0 bridgehead atoms. The van der Waals surface area contributed by atoms with Crippen molar-refractivity contribution in [2.45, 2.75) is 67.2 Å². The van der Waals surface area contributed by atoms with Gasteiger partial charge in [-0.25, -0.2) is 0 Å². The molecule has 2 aromatic rings. The molecular weight excluding hydrogens is 398 g/mol. The van der Waals surface area contributed by atoms with Crippen LogP contribution in [0.3, 0.4) is 0 Å². The summed E-state index contributed by atoms with van der Waals surface area (Å²) in [5, 5.41) is 0. The monoisotopic (exact) mass is 439 g/mol. The quantitative estimate of drug-likeness (QED) is 0.534. The molecule has 0 spiro atoms. The van der Waals surface area contributed by atoms with Crippen LogP contribution < -0.4 is 4.74 Å². The lowest BCUT2D eigenvalue weighted by atomic mass is 9.93. The zero-order valence-electron chi connectivity index (χ0n) is 21.0. The molecule has 1 amide bonds. The second-order valence-electron chi connectivity index (χ2n) is 6.89. The molecule has 5 heteroatoms. The van der Waals surface area contributed by atoms with E-state index in [9.17, 15) is 4.79 Å². The van der Waals surface area contributed by atoms with E-state index in [1.54, 1.807) is 6.26 Å². The molecular formula is C27H41N3O2. The molecule has 5 nitrogen and oxygen atoms in total. The summed E-state index contributed by atoms with van der Waals surface area (Å²) in [4.78, 5) is 21.6. The molecule has 176 valence electrons. The molecule has 0 N–H and O–H groups in total. The molecule has 3 heterocycles. The number of fused-ring (bicyclic) bond motifs is 1. The molecule has 4 rings (SSSR count). The van der Waals surface area contributed by atoms with Gasteiger partial charge in [0.1, 0.15) is 12.0 Å². The number of pyridine rings is 1. The lowest BCUT2D eigenvalue weighted by Crippen LogP contribution is -2.43. The zero-order chi connectivity index (χ0) is 23.9. The molecule has 1 fully saturated rings. The second-order valence-corrected chi connectivity index (χ2v) is 6.89. The number of rotatable bonds is 3. The average molecular weight is 440 g/mol. The van der Waals surface area contributed by atoms with E-state index < -0.39 is 0 Å². The fourth-order valence-electron chi connectivity index (χ4n) is 3.63. The number of hydrogen-bond donors (Lipinski definition) is 0. The van der Waals surface area contributed by atoms with Gasteiger partial charge in [-0.1, -0.05) is 59.7 Å². The van der Waals surface area contributed by atoms with E-state index in [1.807, 2.05) is 89.9 Å². The SMILES string of the molecule is CC.CC.CC.CC1=COc2ccccc2C(=O)N1CN1CCC(c2ccccn2)CC1. The first-order valence-electron chi connectivity index (χ1n) is 12.1. The first-order valence-corrected chi connectivity index (χ1v) is 12.1. The molecule has 2 aliphatic heterocycles. The number of benzene rings is 1. The van der Waals surface area contributed by atoms with Crippen LogP contribution in [0.1, 0.15) is 83.3 Å². The molecule has 0 atom stereocenters. The first-order chi connectivity index (χ1) is 15.7. The Morgan fingerprint density at radius 3 is 2.19 bits per heavy atom. The van der Waals surface area contributed by atoms with Gasteiger partial charge < -0.3 is 4.74 Å². The van der Waals surface area contributed by atoms with Crippen LogP contribution in [0.2, 0.25) is 0 Å². The van der Waals surface area contributed by atoms with Gasteiger partial charge in [0.05, 0.1) is 17.9 Å². The topological polar surface area (TPSA) is 45.7 Å². The summed E-state index contributed by atoms with van der Waals surface area (Å²) in [5.41, 5.74) is 2.62. The number of hydrogen-bond acceptors (Lipinski definition) is 4. The standard InChI is InChI=1S/C21H23N3O2.3C2H6/c1-16-14-26-20-8-3-2-6-18(20)21(25)24(16)15-23-12-9-17(10-13-23)19-7-4-5-11-22-19;3*1-2/h2-8,11,14,17H,9-10,12-13,15H2,1H3;3*1-2H3. The van der Waals surface area contributed by atoms with E-state index in [4.69, 9.17) is 4.74 Å². The minimum Gasteiger partial charge on any atom is -0.462 e. The maximum Gasteiger partial charge on any atom is 0.262 e. The van der Waals surface area contributed by atoms with E-state index in [0.29, 0.717) is 23.9 Å². The largest absolute Gasteiger partial charge is 0.462 e. The highest BCUT2D eigenvalue weighted by atomic mass is 16.5. The van der Waals surface area contributed by atoms with Crippen LogP contribution in [0, 0.1) is 0 Å². The molecule has 0 saturated carbocycles. The molecule has 0 aliphatic carbocycles. The molecule has 1 aromatic carbocycles. The third-order valence-corrected chi connectivity index (χ3v) is 5.18. The number of likely N-dealkylation sites (tertiary alicyclic amines) is 1. The van der Waals surface area contributed by atoms with E-state index in [2.05, 4.69) is 22.0 Å². The van der Waals surface area contributed by atoms with Gasteiger partial charge in [0.2, 0.25) is 0 Å². The van der Waals surface area contributed by atoms with E-state index in [-0.39, 0.29) is 5.91 Å². The van der Waals surface area contributed by atoms with Crippen LogP contribution in [0.25, 0.3) is 0 Å². The van der Waals surface area contributed by atoms with E-state index >= 15 is 0 Å². The average Bonchev–Trinajstić information content (AvgIpc) is 3.01. The van der Waals surface area contributed by atoms with Crippen molar-refractivity contribution >= 4 is 5.91 Å². The maximum absolute atomic E-state index is 13.0. The predicted octanol–water partition coefficient (Wildman–Crippen LogP) is 6.69. The van der Waals surface area contributed by atoms with Crippen molar-refractivity contribution in [3.8, 4) is 5.75 Å². The minimum absolute atomic E-state index is 0.00120. The lowest BCUT2D eigenvalue weighted by molar-refractivity contribution is 0.0668. The summed E-state index contributed by atoms with van der Waals surface area (Å²) in [6, 6.07) is 13.5. The summed E-state index contributed by atoms with van der Waals surface area (Å²) in [5.74, 6) is 1.12. The molecule has 32 heavy (non-hydrogen) atoms. The highest BCUT2D eigenvalue weighted by molar-refractivity contribution is 5.98. The van der Waals surface area contributed by atoms with Crippen LogP contribution in [0.4, 0.5) is 0 Å². The number of aromatic nitrogens is 1. The second kappa shape index (κ2) is 15.2. The number of amides is 1. The Morgan fingerprint density at radius 1 is 0.938 bits per heavy atom. The van der Waals surface area contributed by atoms with Gasteiger partial charge in [-0.2, -0.15) is 0 Å². The molecule has 1 saturated heterocycles. The number of nitrogens with zero attached hydrogens (tertiary/aromatic N) is 3. The summed E-state index contributed by atoms with van der Waals surface area (Å²) in [6.07, 6.45) is 5.66. The zero-order valence-corrected chi connectivity index (χ0v) is 21.0. The Bertz CT molecular complexity index is 813. The third kappa shape index (κ3) is 7.20. The molecule has 0 unspecified atom stereocenters.